The summed E-state index contributed by atoms with van der Waals surface area (Å²) in [4.78, 5) is 23.2. The molecule has 0 aliphatic heterocycles. The number of aromatic nitrogens is 2. The van der Waals surface area contributed by atoms with Gasteiger partial charge in [0.15, 0.2) is 5.78 Å². The Bertz CT molecular complexity index is 1080. The third-order valence-electron chi connectivity index (χ3n) is 7.12. The molecule has 1 heterocycles. The van der Waals surface area contributed by atoms with Crippen LogP contribution < -0.4 is 10.2 Å². The number of rotatable bonds is 10. The first kappa shape index (κ1) is 24.3. The predicted molar refractivity (Wildman–Crippen MR) is 140 cm³/mol. The third-order valence-corrected chi connectivity index (χ3v) is 7.12. The lowest BCUT2D eigenvalue weighted by Gasteiger charge is -2.29. The van der Waals surface area contributed by atoms with Gasteiger partial charge in [-0.3, -0.25) is 4.79 Å². The SMILES string of the molecule is CC(=O)c1ccc(CNC2CCC(CCCCc3nc(N(C)C)c4ccccc4n3)CC2)cc1. The van der Waals surface area contributed by atoms with E-state index in [4.69, 9.17) is 9.97 Å². The van der Waals surface area contributed by atoms with Crippen LogP contribution in [-0.2, 0) is 13.0 Å². The Morgan fingerprint density at radius 1 is 0.971 bits per heavy atom. The summed E-state index contributed by atoms with van der Waals surface area (Å²) in [6.45, 7) is 2.50. The number of ketones is 1. The number of carbonyl (C=O) groups excluding carboxylic acids is 1. The summed E-state index contributed by atoms with van der Waals surface area (Å²) >= 11 is 0. The van der Waals surface area contributed by atoms with E-state index in [-0.39, 0.29) is 5.78 Å². The Labute approximate surface area is 204 Å². The lowest BCUT2D eigenvalue weighted by molar-refractivity contribution is 0.101. The van der Waals surface area contributed by atoms with Crippen molar-refractivity contribution in [3.8, 4) is 0 Å². The number of carbonyl (C=O) groups is 1. The van der Waals surface area contributed by atoms with E-state index in [2.05, 4.69) is 40.5 Å². The topological polar surface area (TPSA) is 58.1 Å². The maximum Gasteiger partial charge on any atom is 0.159 e. The highest BCUT2D eigenvalue weighted by Crippen LogP contribution is 2.29. The lowest BCUT2D eigenvalue weighted by atomic mass is 9.83. The lowest BCUT2D eigenvalue weighted by Crippen LogP contribution is -2.32. The van der Waals surface area contributed by atoms with Crippen LogP contribution in [0.2, 0.25) is 0 Å². The average Bonchev–Trinajstić information content (AvgIpc) is 2.85. The first-order valence-electron chi connectivity index (χ1n) is 12.8. The molecule has 0 bridgehead atoms. The van der Waals surface area contributed by atoms with Crippen molar-refractivity contribution in [3.63, 3.8) is 0 Å². The van der Waals surface area contributed by atoms with Crippen LogP contribution >= 0.6 is 0 Å². The highest BCUT2D eigenvalue weighted by Gasteiger charge is 2.20. The minimum absolute atomic E-state index is 0.126. The summed E-state index contributed by atoms with van der Waals surface area (Å²) in [6, 6.07) is 16.9. The monoisotopic (exact) mass is 458 g/mol. The van der Waals surface area contributed by atoms with Gasteiger partial charge in [-0.25, -0.2) is 9.97 Å². The fourth-order valence-corrected chi connectivity index (χ4v) is 5.05. The summed E-state index contributed by atoms with van der Waals surface area (Å²) in [6.07, 6.45) is 9.82. The molecule has 1 aliphatic rings. The number of aryl methyl sites for hydroxylation is 1. The van der Waals surface area contributed by atoms with E-state index in [1.807, 2.05) is 32.3 Å². The molecule has 34 heavy (non-hydrogen) atoms. The van der Waals surface area contributed by atoms with Crippen LogP contribution in [-0.4, -0.2) is 35.9 Å². The maximum absolute atomic E-state index is 11.4. The Kier molecular flexibility index (Phi) is 8.28. The van der Waals surface area contributed by atoms with E-state index in [1.165, 1.54) is 44.1 Å². The number of nitrogens with one attached hydrogen (secondary N) is 1. The minimum atomic E-state index is 0.126. The molecule has 5 heteroatoms. The van der Waals surface area contributed by atoms with Gasteiger partial charge < -0.3 is 10.2 Å². The second-order valence-corrected chi connectivity index (χ2v) is 9.97. The Hall–Kier alpha value is -2.79. The number of benzene rings is 2. The van der Waals surface area contributed by atoms with Crippen LogP contribution in [0, 0.1) is 5.92 Å². The standard InChI is InChI=1S/C29H38N4O/c1-21(34)24-16-12-23(13-17-24)20-30-25-18-14-22(15-19-25)8-4-7-11-28-31-27-10-6-5-9-26(27)29(32-28)33(2)3/h5-6,9-10,12-13,16-17,22,25,30H,4,7-8,11,14-15,18-20H2,1-3H3. The fraction of sp³-hybridized carbons (Fsp3) is 0.483. The van der Waals surface area contributed by atoms with Crippen LogP contribution in [0.4, 0.5) is 5.82 Å². The Morgan fingerprint density at radius 2 is 1.71 bits per heavy atom. The maximum atomic E-state index is 11.4. The second-order valence-electron chi connectivity index (χ2n) is 9.97. The van der Waals surface area contributed by atoms with Crippen molar-refractivity contribution in [2.45, 2.75) is 70.9 Å². The molecular weight excluding hydrogens is 420 g/mol. The average molecular weight is 459 g/mol. The molecule has 1 saturated carbocycles. The van der Waals surface area contributed by atoms with Gasteiger partial charge in [0.25, 0.3) is 0 Å². The molecule has 0 atom stereocenters. The Balaban J connectivity index is 1.17. The van der Waals surface area contributed by atoms with Crippen LogP contribution in [0.25, 0.3) is 10.9 Å². The zero-order valence-electron chi connectivity index (χ0n) is 20.9. The quantitative estimate of drug-likeness (QED) is 0.300. The van der Waals surface area contributed by atoms with Gasteiger partial charge in [0.05, 0.1) is 5.52 Å². The molecule has 0 spiro atoms. The van der Waals surface area contributed by atoms with Crippen molar-refractivity contribution in [2.75, 3.05) is 19.0 Å². The molecule has 180 valence electrons. The van der Waals surface area contributed by atoms with E-state index < -0.39 is 0 Å². The smallest absolute Gasteiger partial charge is 0.159 e. The van der Waals surface area contributed by atoms with Gasteiger partial charge in [-0.05, 0) is 62.6 Å². The van der Waals surface area contributed by atoms with E-state index >= 15 is 0 Å². The summed E-state index contributed by atoms with van der Waals surface area (Å²) in [5, 5.41) is 4.84. The summed E-state index contributed by atoms with van der Waals surface area (Å²) in [5.74, 6) is 2.96. The number of unbranched alkanes of at least 4 members (excludes halogenated alkanes) is 1. The van der Waals surface area contributed by atoms with E-state index in [0.717, 1.165) is 53.4 Å². The second kappa shape index (κ2) is 11.6. The van der Waals surface area contributed by atoms with Gasteiger partial charge in [-0.2, -0.15) is 0 Å². The van der Waals surface area contributed by atoms with Crippen LogP contribution in [0.3, 0.4) is 0 Å². The van der Waals surface area contributed by atoms with E-state index in [1.54, 1.807) is 6.92 Å². The number of para-hydroxylation sites is 1. The van der Waals surface area contributed by atoms with Gasteiger partial charge in [0, 0.05) is 44.1 Å². The van der Waals surface area contributed by atoms with Crippen molar-refractivity contribution in [2.24, 2.45) is 5.92 Å². The molecule has 1 N–H and O–H groups in total. The molecule has 1 fully saturated rings. The van der Waals surface area contributed by atoms with Crippen LogP contribution in [0.5, 0.6) is 0 Å². The van der Waals surface area contributed by atoms with Gasteiger partial charge in [0.1, 0.15) is 11.6 Å². The number of fused-ring (bicyclic) bond motifs is 1. The molecular formula is C29H38N4O. The van der Waals surface area contributed by atoms with Gasteiger partial charge in [-0.1, -0.05) is 49.2 Å². The fourth-order valence-electron chi connectivity index (χ4n) is 5.05. The van der Waals surface area contributed by atoms with Crippen molar-refractivity contribution < 1.29 is 4.79 Å². The third kappa shape index (κ3) is 6.41. The van der Waals surface area contributed by atoms with Crippen LogP contribution in [0.1, 0.15) is 73.6 Å². The summed E-state index contributed by atoms with van der Waals surface area (Å²) < 4.78 is 0. The number of hydrogen-bond donors (Lipinski definition) is 1. The number of anilines is 1. The molecule has 0 radical (unpaired) electrons. The highest BCUT2D eigenvalue weighted by atomic mass is 16.1. The zero-order chi connectivity index (χ0) is 23.9. The van der Waals surface area contributed by atoms with Gasteiger partial charge in [0.2, 0.25) is 0 Å². The summed E-state index contributed by atoms with van der Waals surface area (Å²) in [5.41, 5.74) is 3.08. The first-order valence-corrected chi connectivity index (χ1v) is 12.8. The number of hydrogen-bond acceptors (Lipinski definition) is 5. The van der Waals surface area contributed by atoms with Crippen molar-refractivity contribution in [1.82, 2.24) is 15.3 Å². The van der Waals surface area contributed by atoms with E-state index in [9.17, 15) is 4.79 Å². The molecule has 5 nitrogen and oxygen atoms in total. The minimum Gasteiger partial charge on any atom is -0.362 e. The highest BCUT2D eigenvalue weighted by molar-refractivity contribution is 5.94. The van der Waals surface area contributed by atoms with Crippen molar-refractivity contribution in [1.29, 1.82) is 0 Å². The molecule has 1 aromatic heterocycles. The number of Topliss-reactive ketones (excluding diaryl/α,β-unsaturated/α-hetero) is 1. The molecule has 1 aliphatic carbocycles. The van der Waals surface area contributed by atoms with Gasteiger partial charge in [-0.15, -0.1) is 0 Å². The van der Waals surface area contributed by atoms with Gasteiger partial charge >= 0.3 is 0 Å². The summed E-state index contributed by atoms with van der Waals surface area (Å²) in [7, 11) is 4.10. The van der Waals surface area contributed by atoms with Crippen LogP contribution in [0.15, 0.2) is 48.5 Å². The van der Waals surface area contributed by atoms with E-state index in [0.29, 0.717) is 6.04 Å². The molecule has 0 unspecified atom stereocenters. The zero-order valence-corrected chi connectivity index (χ0v) is 20.9. The predicted octanol–water partition coefficient (Wildman–Crippen LogP) is 5.96. The molecule has 4 rings (SSSR count). The normalized spacial score (nSPS) is 18.2. The van der Waals surface area contributed by atoms with Crippen molar-refractivity contribution in [3.05, 3.63) is 65.5 Å². The number of nitrogens with zero attached hydrogens (tertiary/aromatic N) is 3. The first-order chi connectivity index (χ1) is 16.5. The van der Waals surface area contributed by atoms with Crippen molar-refractivity contribution >= 4 is 22.5 Å². The molecule has 0 amide bonds. The molecule has 3 aromatic rings. The molecule has 2 aromatic carbocycles. The Morgan fingerprint density at radius 3 is 2.41 bits per heavy atom. The molecule has 0 saturated heterocycles. The largest absolute Gasteiger partial charge is 0.362 e.